The van der Waals surface area contributed by atoms with Crippen LogP contribution >= 0.6 is 0 Å². The molecule has 36 heavy (non-hydrogen) atoms. The van der Waals surface area contributed by atoms with Crippen LogP contribution in [0.3, 0.4) is 0 Å². The molecule has 4 rings (SSSR count). The molecule has 0 aromatic heterocycles. The van der Waals surface area contributed by atoms with Gasteiger partial charge in [0.25, 0.3) is 0 Å². The second kappa shape index (κ2) is 12.0. The summed E-state index contributed by atoms with van der Waals surface area (Å²) in [6.45, 7) is 0.926. The van der Waals surface area contributed by atoms with Crippen molar-refractivity contribution in [3.63, 3.8) is 0 Å². The van der Waals surface area contributed by atoms with E-state index in [1.165, 1.54) is 24.3 Å². The van der Waals surface area contributed by atoms with Gasteiger partial charge in [0.2, 0.25) is 17.7 Å². The Morgan fingerprint density at radius 3 is 2.03 bits per heavy atom. The van der Waals surface area contributed by atoms with Gasteiger partial charge in [0.05, 0.1) is 0 Å². The number of benzene rings is 3. The first-order chi connectivity index (χ1) is 17.5. The van der Waals surface area contributed by atoms with Gasteiger partial charge >= 0.3 is 0 Å². The van der Waals surface area contributed by atoms with E-state index in [2.05, 4.69) is 10.6 Å². The molecule has 0 unspecified atom stereocenters. The minimum absolute atomic E-state index is 0.0755. The summed E-state index contributed by atoms with van der Waals surface area (Å²) in [7, 11) is 0. The van der Waals surface area contributed by atoms with Crippen LogP contribution in [-0.4, -0.2) is 35.7 Å². The first-order valence-corrected chi connectivity index (χ1v) is 11.9. The van der Waals surface area contributed by atoms with Gasteiger partial charge in [0.1, 0.15) is 17.3 Å². The molecule has 8 heteroatoms. The maximum Gasteiger partial charge on any atom is 0.227 e. The molecule has 0 spiro atoms. The van der Waals surface area contributed by atoms with Gasteiger partial charge in [0, 0.05) is 43.2 Å². The second-order valence-corrected chi connectivity index (χ2v) is 8.64. The van der Waals surface area contributed by atoms with Crippen LogP contribution in [0.1, 0.15) is 25.7 Å². The number of halogens is 1. The van der Waals surface area contributed by atoms with Crippen LogP contribution in [0.15, 0.2) is 78.9 Å². The van der Waals surface area contributed by atoms with Gasteiger partial charge in [-0.15, -0.1) is 0 Å². The molecule has 0 bridgehead atoms. The van der Waals surface area contributed by atoms with Crippen LogP contribution in [0, 0.1) is 11.7 Å². The lowest BCUT2D eigenvalue weighted by Gasteiger charge is -2.31. The zero-order valence-electron chi connectivity index (χ0n) is 19.8. The van der Waals surface area contributed by atoms with E-state index in [9.17, 15) is 18.8 Å². The molecule has 0 aliphatic carbocycles. The van der Waals surface area contributed by atoms with Crippen LogP contribution in [0.4, 0.5) is 15.8 Å². The highest BCUT2D eigenvalue weighted by Gasteiger charge is 2.27. The Morgan fingerprint density at radius 1 is 0.778 bits per heavy atom. The van der Waals surface area contributed by atoms with E-state index in [0.717, 1.165) is 5.75 Å². The zero-order valence-corrected chi connectivity index (χ0v) is 19.8. The highest BCUT2D eigenvalue weighted by atomic mass is 19.1. The lowest BCUT2D eigenvalue weighted by atomic mass is 9.95. The standard InChI is InChI=1S/C28H28FN3O4/c29-21-6-8-23(9-7-21)31-28(35)20-16-18-32(19-17-20)27(34)15-14-26(33)30-22-10-12-25(13-11-22)36-24-4-2-1-3-5-24/h1-13,20H,14-19H2,(H,30,33)(H,31,35). The molecule has 0 saturated carbocycles. The number of piperidine rings is 1. The molecule has 1 fully saturated rings. The molecule has 1 heterocycles. The normalized spacial score (nSPS) is 13.6. The third-order valence-corrected chi connectivity index (χ3v) is 6.01. The van der Waals surface area contributed by atoms with Gasteiger partial charge in [-0.25, -0.2) is 4.39 Å². The fraction of sp³-hybridized carbons (Fsp3) is 0.250. The minimum atomic E-state index is -0.361. The van der Waals surface area contributed by atoms with Gasteiger partial charge in [0.15, 0.2) is 0 Å². The Bertz CT molecular complexity index is 1180. The Balaban J connectivity index is 1.16. The van der Waals surface area contributed by atoms with Crippen LogP contribution in [0.5, 0.6) is 11.5 Å². The maximum absolute atomic E-state index is 13.0. The molecule has 2 N–H and O–H groups in total. The van der Waals surface area contributed by atoms with Crippen molar-refractivity contribution < 1.29 is 23.5 Å². The van der Waals surface area contributed by atoms with Crippen molar-refractivity contribution in [3.05, 3.63) is 84.7 Å². The number of carbonyl (C=O) groups is 3. The number of ether oxygens (including phenoxy) is 1. The van der Waals surface area contributed by atoms with Gasteiger partial charge in [-0.2, -0.15) is 0 Å². The highest BCUT2D eigenvalue weighted by Crippen LogP contribution is 2.23. The number of carbonyl (C=O) groups excluding carboxylic acids is 3. The van der Waals surface area contributed by atoms with Crippen LogP contribution < -0.4 is 15.4 Å². The smallest absolute Gasteiger partial charge is 0.227 e. The van der Waals surface area contributed by atoms with Gasteiger partial charge < -0.3 is 20.3 Å². The average Bonchev–Trinajstić information content (AvgIpc) is 2.90. The minimum Gasteiger partial charge on any atom is -0.457 e. The van der Waals surface area contributed by atoms with E-state index < -0.39 is 0 Å². The summed E-state index contributed by atoms with van der Waals surface area (Å²) in [4.78, 5) is 39.0. The molecule has 3 amide bonds. The van der Waals surface area contributed by atoms with Crippen molar-refractivity contribution in [1.29, 1.82) is 0 Å². The van der Waals surface area contributed by atoms with E-state index in [0.29, 0.717) is 43.1 Å². The zero-order chi connectivity index (χ0) is 25.3. The molecule has 0 radical (unpaired) electrons. The van der Waals surface area contributed by atoms with Crippen molar-refractivity contribution in [1.82, 2.24) is 4.90 Å². The molecule has 186 valence electrons. The number of nitrogens with one attached hydrogen (secondary N) is 2. The predicted molar refractivity (Wildman–Crippen MR) is 135 cm³/mol. The number of para-hydroxylation sites is 1. The van der Waals surface area contributed by atoms with E-state index in [1.807, 2.05) is 30.3 Å². The summed E-state index contributed by atoms with van der Waals surface area (Å²) in [6.07, 6.45) is 1.27. The second-order valence-electron chi connectivity index (χ2n) is 8.64. The van der Waals surface area contributed by atoms with E-state index in [1.54, 1.807) is 29.2 Å². The quantitative estimate of drug-likeness (QED) is 0.455. The Kier molecular flexibility index (Phi) is 8.28. The number of likely N-dealkylation sites (tertiary alicyclic amines) is 1. The summed E-state index contributed by atoms with van der Waals surface area (Å²) in [5.74, 6) is 0.335. The van der Waals surface area contributed by atoms with Crippen molar-refractivity contribution >= 4 is 29.1 Å². The number of hydrogen-bond donors (Lipinski definition) is 2. The van der Waals surface area contributed by atoms with Crippen molar-refractivity contribution in [2.75, 3.05) is 23.7 Å². The Morgan fingerprint density at radius 2 is 1.36 bits per heavy atom. The SMILES string of the molecule is O=C(CCC(=O)N1CCC(C(=O)Nc2ccc(F)cc2)CC1)Nc1ccc(Oc2ccccc2)cc1. The summed E-state index contributed by atoms with van der Waals surface area (Å²) >= 11 is 0. The summed E-state index contributed by atoms with van der Waals surface area (Å²) in [6, 6.07) is 22.1. The monoisotopic (exact) mass is 489 g/mol. The first kappa shape index (κ1) is 24.9. The first-order valence-electron chi connectivity index (χ1n) is 11.9. The van der Waals surface area contributed by atoms with Gasteiger partial charge in [-0.1, -0.05) is 18.2 Å². The van der Waals surface area contributed by atoms with E-state index >= 15 is 0 Å². The Labute approximate surface area is 209 Å². The molecule has 1 saturated heterocycles. The van der Waals surface area contributed by atoms with Crippen molar-refractivity contribution in [2.24, 2.45) is 5.92 Å². The molecule has 3 aromatic carbocycles. The third-order valence-electron chi connectivity index (χ3n) is 6.01. The summed E-state index contributed by atoms with van der Waals surface area (Å²) in [5, 5.41) is 5.59. The summed E-state index contributed by atoms with van der Waals surface area (Å²) < 4.78 is 18.8. The predicted octanol–water partition coefficient (Wildman–Crippen LogP) is 5.21. The maximum atomic E-state index is 13.0. The molecule has 7 nitrogen and oxygen atoms in total. The molecule has 1 aliphatic heterocycles. The van der Waals surface area contributed by atoms with Crippen LogP contribution in [0.25, 0.3) is 0 Å². The lowest BCUT2D eigenvalue weighted by Crippen LogP contribution is -2.41. The highest BCUT2D eigenvalue weighted by molar-refractivity contribution is 5.94. The van der Waals surface area contributed by atoms with Crippen molar-refractivity contribution in [3.8, 4) is 11.5 Å². The van der Waals surface area contributed by atoms with Crippen molar-refractivity contribution in [2.45, 2.75) is 25.7 Å². The number of amides is 3. The third kappa shape index (κ3) is 7.15. The molecule has 0 atom stereocenters. The molecular formula is C28H28FN3O4. The number of nitrogens with zero attached hydrogens (tertiary/aromatic N) is 1. The van der Waals surface area contributed by atoms with Crippen LogP contribution in [-0.2, 0) is 14.4 Å². The van der Waals surface area contributed by atoms with Gasteiger partial charge in [-0.3, -0.25) is 14.4 Å². The Hall–Kier alpha value is -4.20. The topological polar surface area (TPSA) is 87.7 Å². The van der Waals surface area contributed by atoms with E-state index in [-0.39, 0.29) is 42.3 Å². The largest absolute Gasteiger partial charge is 0.457 e. The average molecular weight is 490 g/mol. The fourth-order valence-corrected chi connectivity index (χ4v) is 4.00. The molecule has 3 aromatic rings. The number of rotatable bonds is 8. The lowest BCUT2D eigenvalue weighted by molar-refractivity contribution is -0.135. The molecule has 1 aliphatic rings. The van der Waals surface area contributed by atoms with Crippen LogP contribution in [0.2, 0.25) is 0 Å². The number of hydrogen-bond acceptors (Lipinski definition) is 4. The molecular weight excluding hydrogens is 461 g/mol. The van der Waals surface area contributed by atoms with Gasteiger partial charge in [-0.05, 0) is 73.5 Å². The fourth-order valence-electron chi connectivity index (χ4n) is 4.00. The van der Waals surface area contributed by atoms with E-state index in [4.69, 9.17) is 4.74 Å². The summed E-state index contributed by atoms with van der Waals surface area (Å²) in [5.41, 5.74) is 1.17. The number of anilines is 2.